The second-order valence-corrected chi connectivity index (χ2v) is 5.77. The zero-order valence-electron chi connectivity index (χ0n) is 12.1. The number of nitrogens with zero attached hydrogens (tertiary/aromatic N) is 2. The standard InChI is InChI=1S/C16H19FN2O2/c1-11-5-6-12(17)10-14(11)19-9-7-15(20)18-8-3-2-4-13(18)16(19)21/h5-6,10,13H,2-4,7-9H2,1H3. The fraction of sp³-hybridized carbons (Fsp3) is 0.500. The van der Waals surface area contributed by atoms with E-state index in [0.29, 0.717) is 31.6 Å². The summed E-state index contributed by atoms with van der Waals surface area (Å²) in [6, 6.07) is 4.06. The largest absolute Gasteiger partial charge is 0.331 e. The zero-order chi connectivity index (χ0) is 15.0. The fourth-order valence-corrected chi connectivity index (χ4v) is 3.24. The van der Waals surface area contributed by atoms with Crippen LogP contribution in [0.1, 0.15) is 31.2 Å². The molecule has 4 nitrogen and oxygen atoms in total. The Labute approximate surface area is 123 Å². The Morgan fingerprint density at radius 1 is 1.19 bits per heavy atom. The van der Waals surface area contributed by atoms with E-state index in [1.54, 1.807) is 15.9 Å². The number of hydrogen-bond acceptors (Lipinski definition) is 2. The molecular formula is C16H19FN2O2. The lowest BCUT2D eigenvalue weighted by Crippen LogP contribution is -2.50. The van der Waals surface area contributed by atoms with Crippen LogP contribution in [-0.4, -0.2) is 35.8 Å². The van der Waals surface area contributed by atoms with Crippen molar-refractivity contribution in [3.05, 3.63) is 29.6 Å². The first-order valence-corrected chi connectivity index (χ1v) is 7.45. The van der Waals surface area contributed by atoms with Crippen molar-refractivity contribution in [3.8, 4) is 0 Å². The Kier molecular flexibility index (Phi) is 3.66. The molecule has 1 aromatic carbocycles. The summed E-state index contributed by atoms with van der Waals surface area (Å²) in [5.74, 6) is -0.404. The van der Waals surface area contributed by atoms with Crippen molar-refractivity contribution in [1.29, 1.82) is 0 Å². The van der Waals surface area contributed by atoms with Gasteiger partial charge in [-0.3, -0.25) is 9.59 Å². The van der Waals surface area contributed by atoms with E-state index in [1.807, 2.05) is 6.92 Å². The van der Waals surface area contributed by atoms with Crippen LogP contribution in [0.25, 0.3) is 0 Å². The first-order chi connectivity index (χ1) is 10.1. The van der Waals surface area contributed by atoms with Gasteiger partial charge in [0.2, 0.25) is 11.8 Å². The highest BCUT2D eigenvalue weighted by Gasteiger charge is 2.38. The summed E-state index contributed by atoms with van der Waals surface area (Å²) in [6.07, 6.45) is 2.91. The molecule has 0 N–H and O–H groups in total. The van der Waals surface area contributed by atoms with Crippen molar-refractivity contribution in [2.24, 2.45) is 0 Å². The van der Waals surface area contributed by atoms with Crippen LogP contribution in [0, 0.1) is 12.7 Å². The number of hydrogen-bond donors (Lipinski definition) is 0. The Balaban J connectivity index is 1.97. The van der Waals surface area contributed by atoms with E-state index in [1.165, 1.54) is 12.1 Å². The lowest BCUT2D eigenvalue weighted by Gasteiger charge is -2.34. The van der Waals surface area contributed by atoms with Crippen LogP contribution in [0.5, 0.6) is 0 Å². The summed E-state index contributed by atoms with van der Waals surface area (Å²) in [4.78, 5) is 28.3. The number of anilines is 1. The van der Waals surface area contributed by atoms with Gasteiger partial charge in [0.15, 0.2) is 0 Å². The maximum absolute atomic E-state index is 13.5. The number of aryl methyl sites for hydroxylation is 1. The summed E-state index contributed by atoms with van der Waals surface area (Å²) in [6.45, 7) is 2.84. The molecule has 5 heteroatoms. The fourth-order valence-electron chi connectivity index (χ4n) is 3.24. The molecule has 0 aliphatic carbocycles. The number of fused-ring (bicyclic) bond motifs is 1. The zero-order valence-corrected chi connectivity index (χ0v) is 12.1. The molecule has 2 amide bonds. The summed E-state index contributed by atoms with van der Waals surface area (Å²) in [5, 5.41) is 0. The third-order valence-electron chi connectivity index (χ3n) is 4.39. The van der Waals surface area contributed by atoms with E-state index in [9.17, 15) is 14.0 Å². The van der Waals surface area contributed by atoms with Crippen LogP contribution in [0.3, 0.4) is 0 Å². The van der Waals surface area contributed by atoms with Gasteiger partial charge in [0.25, 0.3) is 0 Å². The number of rotatable bonds is 1. The lowest BCUT2D eigenvalue weighted by molar-refractivity contribution is -0.138. The smallest absolute Gasteiger partial charge is 0.249 e. The molecule has 1 unspecified atom stereocenters. The number of benzene rings is 1. The van der Waals surface area contributed by atoms with Crippen molar-refractivity contribution in [1.82, 2.24) is 4.90 Å². The minimum absolute atomic E-state index is 0.0320. The molecule has 1 aromatic rings. The number of halogens is 1. The predicted molar refractivity (Wildman–Crippen MR) is 77.5 cm³/mol. The monoisotopic (exact) mass is 290 g/mol. The molecule has 2 aliphatic heterocycles. The third kappa shape index (κ3) is 2.52. The normalized spacial score (nSPS) is 23.0. The van der Waals surface area contributed by atoms with Crippen molar-refractivity contribution in [2.45, 2.75) is 38.6 Å². The van der Waals surface area contributed by atoms with Gasteiger partial charge in [-0.25, -0.2) is 4.39 Å². The van der Waals surface area contributed by atoms with E-state index >= 15 is 0 Å². The first kappa shape index (κ1) is 14.0. The highest BCUT2D eigenvalue weighted by Crippen LogP contribution is 2.28. The number of piperidine rings is 1. The molecule has 21 heavy (non-hydrogen) atoms. The van der Waals surface area contributed by atoms with Crippen LogP contribution >= 0.6 is 0 Å². The highest BCUT2D eigenvalue weighted by atomic mass is 19.1. The molecule has 0 saturated carbocycles. The molecule has 112 valence electrons. The van der Waals surface area contributed by atoms with Crippen LogP contribution < -0.4 is 4.90 Å². The molecule has 2 heterocycles. The average molecular weight is 290 g/mol. The molecule has 3 rings (SSSR count). The SMILES string of the molecule is Cc1ccc(F)cc1N1CCC(=O)N2CCCCC2C1=O. The summed E-state index contributed by atoms with van der Waals surface area (Å²) in [7, 11) is 0. The van der Waals surface area contributed by atoms with Crippen molar-refractivity contribution in [3.63, 3.8) is 0 Å². The molecule has 2 saturated heterocycles. The Morgan fingerprint density at radius 3 is 2.81 bits per heavy atom. The van der Waals surface area contributed by atoms with Gasteiger partial charge >= 0.3 is 0 Å². The van der Waals surface area contributed by atoms with Crippen LogP contribution in [-0.2, 0) is 9.59 Å². The molecule has 2 fully saturated rings. The van der Waals surface area contributed by atoms with Gasteiger partial charge in [0.1, 0.15) is 11.9 Å². The maximum atomic E-state index is 13.5. The van der Waals surface area contributed by atoms with Gasteiger partial charge in [-0.05, 0) is 43.9 Å². The van der Waals surface area contributed by atoms with Gasteiger partial charge in [-0.1, -0.05) is 6.07 Å². The molecule has 0 bridgehead atoms. The molecular weight excluding hydrogens is 271 g/mol. The van der Waals surface area contributed by atoms with E-state index < -0.39 is 0 Å². The minimum Gasteiger partial charge on any atom is -0.331 e. The van der Waals surface area contributed by atoms with E-state index in [4.69, 9.17) is 0 Å². The molecule has 0 radical (unpaired) electrons. The molecule has 2 aliphatic rings. The predicted octanol–water partition coefficient (Wildman–Crippen LogP) is 2.25. The second-order valence-electron chi connectivity index (χ2n) is 5.77. The minimum atomic E-state index is -0.378. The summed E-state index contributed by atoms with van der Waals surface area (Å²) < 4.78 is 13.5. The Morgan fingerprint density at radius 2 is 2.00 bits per heavy atom. The van der Waals surface area contributed by atoms with Gasteiger partial charge in [-0.2, -0.15) is 0 Å². The quantitative estimate of drug-likeness (QED) is 0.796. The van der Waals surface area contributed by atoms with E-state index in [2.05, 4.69) is 0 Å². The average Bonchev–Trinajstić information content (AvgIpc) is 2.61. The summed E-state index contributed by atoms with van der Waals surface area (Å²) >= 11 is 0. The second kappa shape index (κ2) is 5.47. The topological polar surface area (TPSA) is 40.6 Å². The van der Waals surface area contributed by atoms with Crippen LogP contribution in [0.4, 0.5) is 10.1 Å². The van der Waals surface area contributed by atoms with Crippen LogP contribution in [0.2, 0.25) is 0 Å². The number of carbonyl (C=O) groups excluding carboxylic acids is 2. The number of carbonyl (C=O) groups is 2. The van der Waals surface area contributed by atoms with Crippen molar-refractivity contribution < 1.29 is 14.0 Å². The highest BCUT2D eigenvalue weighted by molar-refractivity contribution is 6.01. The van der Waals surface area contributed by atoms with Crippen LogP contribution in [0.15, 0.2) is 18.2 Å². The molecule has 0 spiro atoms. The van der Waals surface area contributed by atoms with Gasteiger partial charge in [0, 0.05) is 25.2 Å². The van der Waals surface area contributed by atoms with E-state index in [0.717, 1.165) is 18.4 Å². The molecule has 0 aromatic heterocycles. The third-order valence-corrected chi connectivity index (χ3v) is 4.39. The lowest BCUT2D eigenvalue weighted by atomic mass is 10.0. The van der Waals surface area contributed by atoms with Crippen molar-refractivity contribution in [2.75, 3.05) is 18.0 Å². The number of amides is 2. The molecule has 1 atom stereocenters. The first-order valence-electron chi connectivity index (χ1n) is 7.45. The summed E-state index contributed by atoms with van der Waals surface area (Å²) in [5.41, 5.74) is 1.43. The van der Waals surface area contributed by atoms with Gasteiger partial charge in [0.05, 0.1) is 0 Å². The van der Waals surface area contributed by atoms with Gasteiger partial charge < -0.3 is 9.80 Å². The van der Waals surface area contributed by atoms with Gasteiger partial charge in [-0.15, -0.1) is 0 Å². The Bertz CT molecular complexity index is 588. The maximum Gasteiger partial charge on any atom is 0.249 e. The van der Waals surface area contributed by atoms with Crippen molar-refractivity contribution >= 4 is 17.5 Å². The Hall–Kier alpha value is -1.91. The van der Waals surface area contributed by atoms with E-state index in [-0.39, 0.29) is 23.7 Å².